The molecule has 3 nitrogen and oxygen atoms in total. The maximum absolute atomic E-state index is 5.84. The van der Waals surface area contributed by atoms with Crippen LogP contribution in [0.1, 0.15) is 24.6 Å². The van der Waals surface area contributed by atoms with E-state index in [4.69, 9.17) is 10.5 Å². The number of nitrogen functional groups attached to an aromatic ring is 1. The lowest BCUT2D eigenvalue weighted by atomic mass is 9.82. The summed E-state index contributed by atoms with van der Waals surface area (Å²) >= 11 is 1.72. The van der Waals surface area contributed by atoms with Gasteiger partial charge in [0, 0.05) is 36.9 Å². The first-order chi connectivity index (χ1) is 7.70. The molecule has 1 saturated heterocycles. The number of ether oxygens (including phenoxy) is 1. The van der Waals surface area contributed by atoms with Gasteiger partial charge in [0.05, 0.1) is 0 Å². The average molecular weight is 240 g/mol. The quantitative estimate of drug-likeness (QED) is 0.848. The highest BCUT2D eigenvalue weighted by Gasteiger charge is 2.26. The van der Waals surface area contributed by atoms with Crippen LogP contribution in [0.4, 0.5) is 5.69 Å². The van der Waals surface area contributed by atoms with Gasteiger partial charge in [-0.3, -0.25) is 0 Å². The Kier molecular flexibility index (Phi) is 3.84. The molecule has 0 atom stereocenters. The molecule has 2 rings (SSSR count). The Morgan fingerprint density at radius 2 is 2.25 bits per heavy atom. The lowest BCUT2D eigenvalue weighted by Gasteiger charge is -2.33. The largest absolute Gasteiger partial charge is 0.398 e. The molecule has 1 fully saturated rings. The fraction of sp³-hybridized carbons (Fsp3) is 0.667. The fourth-order valence-electron chi connectivity index (χ4n) is 2.01. The van der Waals surface area contributed by atoms with Crippen molar-refractivity contribution in [1.29, 1.82) is 0 Å². The normalized spacial score (nSPS) is 19.8. The van der Waals surface area contributed by atoms with E-state index in [1.54, 1.807) is 11.3 Å². The van der Waals surface area contributed by atoms with Crippen molar-refractivity contribution in [2.75, 3.05) is 25.5 Å². The number of nitrogens with one attached hydrogen (secondary N) is 1. The predicted molar refractivity (Wildman–Crippen MR) is 68.6 cm³/mol. The second-order valence-corrected chi connectivity index (χ2v) is 5.83. The van der Waals surface area contributed by atoms with Crippen molar-refractivity contribution in [2.24, 2.45) is 5.41 Å². The van der Waals surface area contributed by atoms with Gasteiger partial charge in [-0.25, -0.2) is 0 Å². The summed E-state index contributed by atoms with van der Waals surface area (Å²) in [5.41, 5.74) is 7.15. The molecule has 0 amide bonds. The minimum absolute atomic E-state index is 0.393. The smallest absolute Gasteiger partial charge is 0.0471 e. The van der Waals surface area contributed by atoms with E-state index in [0.29, 0.717) is 5.41 Å². The molecular weight excluding hydrogens is 220 g/mol. The lowest BCUT2D eigenvalue weighted by Crippen LogP contribution is -2.36. The van der Waals surface area contributed by atoms with Crippen LogP contribution in [0, 0.1) is 5.41 Å². The molecule has 0 bridgehead atoms. The second-order valence-electron chi connectivity index (χ2n) is 4.83. The van der Waals surface area contributed by atoms with Crippen LogP contribution in [-0.4, -0.2) is 19.8 Å². The number of hydrogen-bond donors (Lipinski definition) is 2. The van der Waals surface area contributed by atoms with Crippen LogP contribution < -0.4 is 11.1 Å². The fourth-order valence-corrected chi connectivity index (χ4v) is 2.78. The van der Waals surface area contributed by atoms with E-state index in [9.17, 15) is 0 Å². The maximum atomic E-state index is 5.84. The predicted octanol–water partition coefficient (Wildman–Crippen LogP) is 2.24. The van der Waals surface area contributed by atoms with Crippen molar-refractivity contribution in [1.82, 2.24) is 5.32 Å². The molecule has 4 heteroatoms. The van der Waals surface area contributed by atoms with E-state index in [1.807, 2.05) is 11.4 Å². The van der Waals surface area contributed by atoms with Gasteiger partial charge in [-0.1, -0.05) is 6.92 Å². The van der Waals surface area contributed by atoms with E-state index >= 15 is 0 Å². The molecule has 0 spiro atoms. The Morgan fingerprint density at radius 3 is 2.88 bits per heavy atom. The third kappa shape index (κ3) is 2.97. The molecule has 1 aromatic heterocycles. The summed E-state index contributed by atoms with van der Waals surface area (Å²) in [6.45, 7) is 6.08. The zero-order valence-electron chi connectivity index (χ0n) is 9.79. The number of thiophene rings is 1. The summed E-state index contributed by atoms with van der Waals surface area (Å²) in [5, 5.41) is 5.56. The van der Waals surface area contributed by atoms with Gasteiger partial charge in [-0.05, 0) is 29.7 Å². The summed E-state index contributed by atoms with van der Waals surface area (Å²) in [4.78, 5) is 1.25. The van der Waals surface area contributed by atoms with Crippen LogP contribution in [0.25, 0.3) is 0 Å². The highest BCUT2D eigenvalue weighted by molar-refractivity contribution is 7.10. The standard InChI is InChI=1S/C12H20N2OS/c1-12(3-5-15-6-4-12)9-14-8-11-10(13)2-7-16-11/h2,7,14H,3-6,8-9,13H2,1H3. The van der Waals surface area contributed by atoms with E-state index in [-0.39, 0.29) is 0 Å². The first-order valence-corrected chi connectivity index (χ1v) is 6.68. The highest BCUT2D eigenvalue weighted by atomic mass is 32.1. The summed E-state index contributed by atoms with van der Waals surface area (Å²) in [6, 6.07) is 1.97. The third-order valence-electron chi connectivity index (χ3n) is 3.32. The number of anilines is 1. The van der Waals surface area contributed by atoms with Gasteiger partial charge in [0.2, 0.25) is 0 Å². The Hall–Kier alpha value is -0.580. The van der Waals surface area contributed by atoms with Gasteiger partial charge in [-0.15, -0.1) is 11.3 Å². The van der Waals surface area contributed by atoms with Crippen molar-refractivity contribution in [3.05, 3.63) is 16.3 Å². The number of nitrogens with two attached hydrogens (primary N) is 1. The molecule has 3 N–H and O–H groups in total. The van der Waals surface area contributed by atoms with E-state index in [2.05, 4.69) is 12.2 Å². The summed E-state index contributed by atoms with van der Waals surface area (Å²) < 4.78 is 5.39. The van der Waals surface area contributed by atoms with Gasteiger partial charge in [0.25, 0.3) is 0 Å². The third-order valence-corrected chi connectivity index (χ3v) is 4.25. The van der Waals surface area contributed by atoms with Gasteiger partial charge >= 0.3 is 0 Å². The molecule has 0 unspecified atom stereocenters. The lowest BCUT2D eigenvalue weighted by molar-refractivity contribution is 0.0240. The Morgan fingerprint density at radius 1 is 1.50 bits per heavy atom. The van der Waals surface area contributed by atoms with Gasteiger partial charge in [0.15, 0.2) is 0 Å². The van der Waals surface area contributed by atoms with Crippen molar-refractivity contribution in [2.45, 2.75) is 26.3 Å². The maximum Gasteiger partial charge on any atom is 0.0471 e. The molecule has 0 radical (unpaired) electrons. The zero-order chi connectivity index (χ0) is 11.4. The van der Waals surface area contributed by atoms with Crippen molar-refractivity contribution < 1.29 is 4.74 Å². The molecule has 90 valence electrons. The highest BCUT2D eigenvalue weighted by Crippen LogP contribution is 2.29. The minimum Gasteiger partial charge on any atom is -0.398 e. The van der Waals surface area contributed by atoms with Gasteiger partial charge in [0.1, 0.15) is 0 Å². The Balaban J connectivity index is 1.77. The number of rotatable bonds is 4. The van der Waals surface area contributed by atoms with Crippen LogP contribution in [0.3, 0.4) is 0 Å². The van der Waals surface area contributed by atoms with E-state index < -0.39 is 0 Å². The van der Waals surface area contributed by atoms with Crippen molar-refractivity contribution in [3.63, 3.8) is 0 Å². The Bertz CT molecular complexity index is 332. The Labute approximate surface area is 101 Å². The van der Waals surface area contributed by atoms with Gasteiger partial charge in [-0.2, -0.15) is 0 Å². The monoisotopic (exact) mass is 240 g/mol. The van der Waals surface area contributed by atoms with Crippen LogP contribution in [0.15, 0.2) is 11.4 Å². The molecule has 0 saturated carbocycles. The van der Waals surface area contributed by atoms with E-state index in [1.165, 1.54) is 4.88 Å². The summed E-state index contributed by atoms with van der Waals surface area (Å²) in [6.07, 6.45) is 2.31. The number of hydrogen-bond acceptors (Lipinski definition) is 4. The first kappa shape index (κ1) is 11.9. The van der Waals surface area contributed by atoms with Gasteiger partial charge < -0.3 is 15.8 Å². The second kappa shape index (κ2) is 5.17. The summed E-state index contributed by atoms with van der Waals surface area (Å²) in [7, 11) is 0. The molecule has 0 aliphatic carbocycles. The molecule has 16 heavy (non-hydrogen) atoms. The topological polar surface area (TPSA) is 47.3 Å². The zero-order valence-corrected chi connectivity index (χ0v) is 10.6. The summed E-state index contributed by atoms with van der Waals surface area (Å²) in [5.74, 6) is 0. The SMILES string of the molecule is CC1(CNCc2sccc2N)CCOCC1. The molecule has 0 aromatic carbocycles. The van der Waals surface area contributed by atoms with E-state index in [0.717, 1.165) is 44.8 Å². The average Bonchev–Trinajstić information content (AvgIpc) is 2.65. The molecule has 1 aromatic rings. The molecule has 1 aliphatic rings. The molecule has 1 aliphatic heterocycles. The van der Waals surface area contributed by atoms with Crippen LogP contribution in [0.5, 0.6) is 0 Å². The van der Waals surface area contributed by atoms with Crippen LogP contribution in [0.2, 0.25) is 0 Å². The minimum atomic E-state index is 0.393. The molecule has 2 heterocycles. The first-order valence-electron chi connectivity index (χ1n) is 5.80. The molecular formula is C12H20N2OS. The van der Waals surface area contributed by atoms with Crippen LogP contribution >= 0.6 is 11.3 Å². The van der Waals surface area contributed by atoms with Crippen molar-refractivity contribution in [3.8, 4) is 0 Å². The van der Waals surface area contributed by atoms with Crippen molar-refractivity contribution >= 4 is 17.0 Å². The van der Waals surface area contributed by atoms with Crippen LogP contribution in [-0.2, 0) is 11.3 Å².